The van der Waals surface area contributed by atoms with Crippen LogP contribution in [0.5, 0.6) is 5.75 Å². The molecule has 0 aliphatic carbocycles. The van der Waals surface area contributed by atoms with Gasteiger partial charge in [0.25, 0.3) is 0 Å². The Labute approximate surface area is 175 Å². The van der Waals surface area contributed by atoms with Gasteiger partial charge in [0, 0.05) is 6.54 Å². The molecule has 1 fully saturated rings. The topological polar surface area (TPSA) is 48.9 Å². The number of likely N-dealkylation sites (tertiary alicyclic amines) is 1. The highest BCUT2D eigenvalue weighted by atomic mass is 127. The Morgan fingerprint density at radius 3 is 2.50 bits per heavy atom. The Morgan fingerprint density at radius 2 is 1.92 bits per heavy atom. The fraction of sp³-hybridized carbons (Fsp3) is 0.550. The summed E-state index contributed by atoms with van der Waals surface area (Å²) in [7, 11) is 1.70. The van der Waals surface area contributed by atoms with Crippen LogP contribution in [0.3, 0.4) is 0 Å². The molecule has 0 spiro atoms. The highest BCUT2D eigenvalue weighted by molar-refractivity contribution is 14.0. The second-order valence-electron chi connectivity index (χ2n) is 6.16. The van der Waals surface area contributed by atoms with Crippen molar-refractivity contribution in [3.8, 4) is 18.1 Å². The van der Waals surface area contributed by atoms with Gasteiger partial charge in [0.05, 0.1) is 26.2 Å². The third-order valence-corrected chi connectivity index (χ3v) is 4.46. The lowest BCUT2D eigenvalue weighted by molar-refractivity contribution is 0.167. The lowest BCUT2D eigenvalue weighted by atomic mass is 10.0. The standard InChI is InChI=1S/C20H30N4O.HI/c1-4-13-22-20(21-5-2)23-16-19(24-14-7-6-8-15-24)17-9-11-18(25-3)12-10-17;/h1,9-12,19H,5-8,13-16H2,2-3H3,(H2,21,22,23);1H. The maximum atomic E-state index is 5.35. The van der Waals surface area contributed by atoms with Gasteiger partial charge in [-0.25, -0.2) is 0 Å². The first kappa shape index (κ1) is 22.6. The maximum absolute atomic E-state index is 5.35. The molecule has 0 radical (unpaired) electrons. The fourth-order valence-electron chi connectivity index (χ4n) is 3.14. The van der Waals surface area contributed by atoms with Crippen LogP contribution in [0.15, 0.2) is 29.3 Å². The summed E-state index contributed by atoms with van der Waals surface area (Å²) in [6.07, 6.45) is 9.18. The number of rotatable bonds is 7. The minimum absolute atomic E-state index is 0. The lowest BCUT2D eigenvalue weighted by Crippen LogP contribution is -2.39. The molecule has 144 valence electrons. The van der Waals surface area contributed by atoms with Gasteiger partial charge in [-0.1, -0.05) is 24.5 Å². The quantitative estimate of drug-likeness (QED) is 0.279. The van der Waals surface area contributed by atoms with Gasteiger partial charge in [-0.15, -0.1) is 30.4 Å². The van der Waals surface area contributed by atoms with Gasteiger partial charge in [0.1, 0.15) is 5.75 Å². The number of benzene rings is 1. The molecule has 0 saturated carbocycles. The predicted molar refractivity (Wildman–Crippen MR) is 119 cm³/mol. The Bertz CT molecular complexity index is 576. The van der Waals surface area contributed by atoms with E-state index in [1.165, 1.54) is 24.8 Å². The average Bonchev–Trinajstić information content (AvgIpc) is 2.67. The molecule has 2 N–H and O–H groups in total. The van der Waals surface area contributed by atoms with Crippen molar-refractivity contribution in [2.24, 2.45) is 4.99 Å². The van der Waals surface area contributed by atoms with E-state index in [9.17, 15) is 0 Å². The molecule has 1 aromatic rings. The number of halogens is 1. The van der Waals surface area contributed by atoms with E-state index in [4.69, 9.17) is 16.2 Å². The normalized spacial score (nSPS) is 16.1. The highest BCUT2D eigenvalue weighted by Gasteiger charge is 2.22. The van der Waals surface area contributed by atoms with Gasteiger partial charge >= 0.3 is 0 Å². The number of hydrogen-bond acceptors (Lipinski definition) is 3. The van der Waals surface area contributed by atoms with Gasteiger partial charge in [-0.05, 0) is 50.6 Å². The first-order valence-corrected chi connectivity index (χ1v) is 9.12. The Balaban J connectivity index is 0.00000338. The number of methoxy groups -OCH3 is 1. The van der Waals surface area contributed by atoms with E-state index in [0.717, 1.165) is 31.3 Å². The summed E-state index contributed by atoms with van der Waals surface area (Å²) in [5.74, 6) is 4.25. The summed E-state index contributed by atoms with van der Waals surface area (Å²) in [6.45, 7) is 6.29. The summed E-state index contributed by atoms with van der Waals surface area (Å²) in [6, 6.07) is 8.62. The van der Waals surface area contributed by atoms with Crippen molar-refractivity contribution in [1.82, 2.24) is 15.5 Å². The van der Waals surface area contributed by atoms with Crippen LogP contribution in [0.4, 0.5) is 0 Å². The van der Waals surface area contributed by atoms with Crippen LogP contribution in [0.1, 0.15) is 37.8 Å². The molecule has 1 aromatic carbocycles. The van der Waals surface area contributed by atoms with E-state index >= 15 is 0 Å². The zero-order valence-electron chi connectivity index (χ0n) is 15.8. The van der Waals surface area contributed by atoms with Crippen molar-refractivity contribution in [3.63, 3.8) is 0 Å². The van der Waals surface area contributed by atoms with Crippen molar-refractivity contribution in [2.45, 2.75) is 32.2 Å². The molecule has 1 saturated heterocycles. The number of nitrogens with zero attached hydrogens (tertiary/aromatic N) is 2. The zero-order valence-corrected chi connectivity index (χ0v) is 18.2. The molecule has 0 aromatic heterocycles. The summed E-state index contributed by atoms with van der Waals surface area (Å²) in [4.78, 5) is 7.31. The molecule has 1 aliphatic rings. The maximum Gasteiger partial charge on any atom is 0.192 e. The van der Waals surface area contributed by atoms with Gasteiger partial charge in [-0.3, -0.25) is 9.89 Å². The van der Waals surface area contributed by atoms with E-state index in [1.54, 1.807) is 7.11 Å². The van der Waals surface area contributed by atoms with Crippen molar-refractivity contribution >= 4 is 29.9 Å². The molecule has 2 rings (SSSR count). The summed E-state index contributed by atoms with van der Waals surface area (Å²) >= 11 is 0. The number of hydrogen-bond donors (Lipinski definition) is 2. The number of aliphatic imine (C=N–C) groups is 1. The van der Waals surface area contributed by atoms with Gasteiger partial charge in [-0.2, -0.15) is 0 Å². The van der Waals surface area contributed by atoms with E-state index in [1.807, 2.05) is 12.1 Å². The molecule has 26 heavy (non-hydrogen) atoms. The number of guanidine groups is 1. The molecule has 6 heteroatoms. The zero-order chi connectivity index (χ0) is 17.9. The monoisotopic (exact) mass is 470 g/mol. The molecule has 0 bridgehead atoms. The molecule has 5 nitrogen and oxygen atoms in total. The Kier molecular flexibility index (Phi) is 11.1. The summed E-state index contributed by atoms with van der Waals surface area (Å²) in [5.41, 5.74) is 1.28. The van der Waals surface area contributed by atoms with Crippen molar-refractivity contribution in [3.05, 3.63) is 29.8 Å². The third-order valence-electron chi connectivity index (χ3n) is 4.46. The van der Waals surface area contributed by atoms with Crippen LogP contribution < -0.4 is 15.4 Å². The second-order valence-corrected chi connectivity index (χ2v) is 6.16. The predicted octanol–water partition coefficient (Wildman–Crippen LogP) is 3.03. The molecule has 1 aliphatic heterocycles. The minimum Gasteiger partial charge on any atom is -0.497 e. The van der Waals surface area contributed by atoms with E-state index in [2.05, 4.69) is 40.5 Å². The number of terminal acetylenes is 1. The average molecular weight is 470 g/mol. The van der Waals surface area contributed by atoms with Crippen LogP contribution in [0.2, 0.25) is 0 Å². The van der Waals surface area contributed by atoms with Crippen LogP contribution in [0.25, 0.3) is 0 Å². The van der Waals surface area contributed by atoms with E-state index < -0.39 is 0 Å². The lowest BCUT2D eigenvalue weighted by Gasteiger charge is -2.34. The molecule has 1 unspecified atom stereocenters. The minimum atomic E-state index is 0. The number of nitrogens with one attached hydrogen (secondary N) is 2. The molecular formula is C20H31IN4O. The molecule has 1 atom stereocenters. The SMILES string of the molecule is C#CCNC(=NCC(c1ccc(OC)cc1)N1CCCCC1)NCC.I. The van der Waals surface area contributed by atoms with Gasteiger partial charge < -0.3 is 15.4 Å². The van der Waals surface area contributed by atoms with Crippen LogP contribution in [0, 0.1) is 12.3 Å². The number of piperidine rings is 1. The van der Waals surface area contributed by atoms with Crippen LogP contribution >= 0.6 is 24.0 Å². The first-order valence-electron chi connectivity index (χ1n) is 9.12. The number of ether oxygens (including phenoxy) is 1. The van der Waals surface area contributed by atoms with Crippen molar-refractivity contribution < 1.29 is 4.74 Å². The first-order chi connectivity index (χ1) is 12.3. The Morgan fingerprint density at radius 1 is 1.23 bits per heavy atom. The molecule has 0 amide bonds. The molecular weight excluding hydrogens is 439 g/mol. The van der Waals surface area contributed by atoms with Crippen LogP contribution in [-0.2, 0) is 0 Å². The van der Waals surface area contributed by atoms with Crippen molar-refractivity contribution in [1.29, 1.82) is 0 Å². The van der Waals surface area contributed by atoms with Gasteiger partial charge in [0.2, 0.25) is 0 Å². The third kappa shape index (κ3) is 7.04. The largest absolute Gasteiger partial charge is 0.497 e. The second kappa shape index (κ2) is 12.8. The Hall–Kier alpha value is -1.46. The molecule has 1 heterocycles. The fourth-order valence-corrected chi connectivity index (χ4v) is 3.14. The van der Waals surface area contributed by atoms with Crippen molar-refractivity contribution in [2.75, 3.05) is 39.8 Å². The van der Waals surface area contributed by atoms with E-state index in [-0.39, 0.29) is 30.0 Å². The summed E-state index contributed by atoms with van der Waals surface area (Å²) in [5, 5.41) is 6.41. The van der Waals surface area contributed by atoms with Gasteiger partial charge in [0.15, 0.2) is 5.96 Å². The summed E-state index contributed by atoms with van der Waals surface area (Å²) < 4.78 is 5.29. The van der Waals surface area contributed by atoms with Crippen LogP contribution in [-0.4, -0.2) is 50.7 Å². The van der Waals surface area contributed by atoms with E-state index in [0.29, 0.717) is 13.1 Å². The highest BCUT2D eigenvalue weighted by Crippen LogP contribution is 2.26. The smallest absolute Gasteiger partial charge is 0.192 e.